The molecule has 0 unspecified atom stereocenters. The SMILES string of the molecule is N#CCc1ccc(OCC(=O)N2CCC[C@@H](n3ccnc3)C2)cc1. The Hall–Kier alpha value is -2.81. The molecule has 0 saturated carbocycles. The molecule has 1 aromatic heterocycles. The van der Waals surface area contributed by atoms with Gasteiger partial charge in [0.2, 0.25) is 0 Å². The van der Waals surface area contributed by atoms with Gasteiger partial charge in [0.05, 0.1) is 24.9 Å². The molecule has 2 heterocycles. The summed E-state index contributed by atoms with van der Waals surface area (Å²) in [5, 5.41) is 8.66. The summed E-state index contributed by atoms with van der Waals surface area (Å²) in [7, 11) is 0. The van der Waals surface area contributed by atoms with Crippen LogP contribution in [0.25, 0.3) is 0 Å². The molecule has 1 aliphatic rings. The molecule has 1 aliphatic heterocycles. The third-order valence-corrected chi connectivity index (χ3v) is 4.26. The van der Waals surface area contributed by atoms with Gasteiger partial charge >= 0.3 is 0 Å². The van der Waals surface area contributed by atoms with Crippen molar-refractivity contribution in [3.63, 3.8) is 0 Å². The number of imidazole rings is 1. The maximum Gasteiger partial charge on any atom is 0.260 e. The Morgan fingerprint density at radius 1 is 1.38 bits per heavy atom. The molecule has 1 fully saturated rings. The Balaban J connectivity index is 1.52. The lowest BCUT2D eigenvalue weighted by Crippen LogP contribution is -2.42. The first-order chi connectivity index (χ1) is 11.8. The van der Waals surface area contributed by atoms with Crippen LogP contribution in [0.15, 0.2) is 43.0 Å². The van der Waals surface area contributed by atoms with Crippen LogP contribution in [-0.2, 0) is 11.2 Å². The van der Waals surface area contributed by atoms with E-state index in [2.05, 4.69) is 15.6 Å². The normalized spacial score (nSPS) is 17.3. The number of carbonyl (C=O) groups excluding carboxylic acids is 1. The first-order valence-corrected chi connectivity index (χ1v) is 8.10. The summed E-state index contributed by atoms with van der Waals surface area (Å²) in [5.41, 5.74) is 0.940. The van der Waals surface area contributed by atoms with Crippen molar-refractivity contribution in [3.8, 4) is 11.8 Å². The number of likely N-dealkylation sites (tertiary alicyclic amines) is 1. The van der Waals surface area contributed by atoms with Crippen LogP contribution in [0.1, 0.15) is 24.4 Å². The van der Waals surface area contributed by atoms with Crippen molar-refractivity contribution < 1.29 is 9.53 Å². The molecule has 24 heavy (non-hydrogen) atoms. The van der Waals surface area contributed by atoms with Crippen LogP contribution < -0.4 is 4.74 Å². The smallest absolute Gasteiger partial charge is 0.260 e. The second kappa shape index (κ2) is 7.64. The molecule has 1 saturated heterocycles. The summed E-state index contributed by atoms with van der Waals surface area (Å²) in [6, 6.07) is 9.68. The summed E-state index contributed by atoms with van der Waals surface area (Å²) >= 11 is 0. The first-order valence-electron chi connectivity index (χ1n) is 8.10. The van der Waals surface area contributed by atoms with Gasteiger partial charge in [0.25, 0.3) is 5.91 Å². The lowest BCUT2D eigenvalue weighted by atomic mass is 10.1. The number of benzene rings is 1. The zero-order valence-corrected chi connectivity index (χ0v) is 13.5. The number of hydrogen-bond donors (Lipinski definition) is 0. The highest BCUT2D eigenvalue weighted by Crippen LogP contribution is 2.21. The van der Waals surface area contributed by atoms with E-state index in [-0.39, 0.29) is 18.6 Å². The molecule has 0 spiro atoms. The fraction of sp³-hybridized carbons (Fsp3) is 0.389. The van der Waals surface area contributed by atoms with Crippen LogP contribution >= 0.6 is 0 Å². The van der Waals surface area contributed by atoms with Crippen molar-refractivity contribution in [1.29, 1.82) is 5.26 Å². The topological polar surface area (TPSA) is 71.2 Å². The van der Waals surface area contributed by atoms with Crippen LogP contribution in [0.3, 0.4) is 0 Å². The van der Waals surface area contributed by atoms with E-state index >= 15 is 0 Å². The highest BCUT2D eigenvalue weighted by atomic mass is 16.5. The summed E-state index contributed by atoms with van der Waals surface area (Å²) in [4.78, 5) is 18.3. The molecule has 0 radical (unpaired) electrons. The predicted molar refractivity (Wildman–Crippen MR) is 88.3 cm³/mol. The van der Waals surface area contributed by atoms with Gasteiger partial charge < -0.3 is 14.2 Å². The van der Waals surface area contributed by atoms with Crippen molar-refractivity contribution in [2.75, 3.05) is 19.7 Å². The molecule has 1 amide bonds. The third kappa shape index (κ3) is 3.93. The van der Waals surface area contributed by atoms with Gasteiger partial charge in [-0.3, -0.25) is 4.79 Å². The zero-order valence-electron chi connectivity index (χ0n) is 13.5. The minimum atomic E-state index is 0.000849. The quantitative estimate of drug-likeness (QED) is 0.845. The number of rotatable bonds is 5. The summed E-state index contributed by atoms with van der Waals surface area (Å²) < 4.78 is 7.65. The molecule has 2 aromatic rings. The van der Waals surface area contributed by atoms with Crippen LogP contribution in [0.4, 0.5) is 0 Å². The second-order valence-electron chi connectivity index (χ2n) is 5.91. The van der Waals surface area contributed by atoms with Crippen LogP contribution in [0, 0.1) is 11.3 Å². The number of nitriles is 1. The predicted octanol–water partition coefficient (Wildman–Crippen LogP) is 2.19. The Morgan fingerprint density at radius 3 is 2.92 bits per heavy atom. The number of aromatic nitrogens is 2. The molecule has 0 N–H and O–H groups in total. The van der Waals surface area contributed by atoms with Gasteiger partial charge in [-0.2, -0.15) is 5.26 Å². The first kappa shape index (κ1) is 16.1. The molecule has 1 aromatic carbocycles. The highest BCUT2D eigenvalue weighted by Gasteiger charge is 2.24. The highest BCUT2D eigenvalue weighted by molar-refractivity contribution is 5.77. The van der Waals surface area contributed by atoms with Gasteiger partial charge in [0.15, 0.2) is 6.61 Å². The number of amides is 1. The van der Waals surface area contributed by atoms with E-state index in [1.165, 1.54) is 0 Å². The average molecular weight is 324 g/mol. The van der Waals surface area contributed by atoms with Gasteiger partial charge in [0.1, 0.15) is 5.75 Å². The molecule has 6 nitrogen and oxygen atoms in total. The van der Waals surface area contributed by atoms with Crippen molar-refractivity contribution in [2.24, 2.45) is 0 Å². The fourth-order valence-corrected chi connectivity index (χ4v) is 2.94. The summed E-state index contributed by atoms with van der Waals surface area (Å²) in [5.74, 6) is 0.647. The fourth-order valence-electron chi connectivity index (χ4n) is 2.94. The van der Waals surface area contributed by atoms with Crippen molar-refractivity contribution >= 4 is 5.91 Å². The van der Waals surface area contributed by atoms with Crippen LogP contribution in [0.2, 0.25) is 0 Å². The monoisotopic (exact) mass is 324 g/mol. The minimum Gasteiger partial charge on any atom is -0.484 e. The molecule has 0 bridgehead atoms. The van der Waals surface area contributed by atoms with Crippen molar-refractivity contribution in [3.05, 3.63) is 48.5 Å². The number of ether oxygens (including phenoxy) is 1. The zero-order chi connectivity index (χ0) is 16.8. The number of carbonyl (C=O) groups is 1. The third-order valence-electron chi connectivity index (χ3n) is 4.26. The van der Waals surface area contributed by atoms with E-state index < -0.39 is 0 Å². The Labute approximate surface area is 141 Å². The summed E-state index contributed by atoms with van der Waals surface area (Å²) in [6.45, 7) is 1.50. The molecule has 124 valence electrons. The Bertz CT molecular complexity index is 704. The number of nitrogens with zero attached hydrogens (tertiary/aromatic N) is 4. The van der Waals surface area contributed by atoms with Gasteiger partial charge in [-0.15, -0.1) is 0 Å². The Kier molecular flexibility index (Phi) is 5.12. The van der Waals surface area contributed by atoms with Gasteiger partial charge in [-0.1, -0.05) is 12.1 Å². The van der Waals surface area contributed by atoms with E-state index in [1.807, 2.05) is 23.2 Å². The van der Waals surface area contributed by atoms with Gasteiger partial charge in [-0.25, -0.2) is 4.98 Å². The molecule has 6 heteroatoms. The van der Waals surface area contributed by atoms with E-state index in [0.29, 0.717) is 18.7 Å². The van der Waals surface area contributed by atoms with E-state index in [4.69, 9.17) is 10.00 Å². The van der Waals surface area contributed by atoms with E-state index in [0.717, 1.165) is 24.9 Å². The van der Waals surface area contributed by atoms with Gasteiger partial charge in [0, 0.05) is 25.5 Å². The molecule has 0 aliphatic carbocycles. The second-order valence-corrected chi connectivity index (χ2v) is 5.91. The molecular formula is C18H20N4O2. The van der Waals surface area contributed by atoms with Crippen molar-refractivity contribution in [2.45, 2.75) is 25.3 Å². The maximum atomic E-state index is 12.4. The molecule has 3 rings (SSSR count). The van der Waals surface area contributed by atoms with E-state index in [9.17, 15) is 4.79 Å². The number of piperidine rings is 1. The van der Waals surface area contributed by atoms with Crippen LogP contribution in [0.5, 0.6) is 5.75 Å². The summed E-state index contributed by atoms with van der Waals surface area (Å²) in [6.07, 6.45) is 7.93. The molecule has 1 atom stereocenters. The lowest BCUT2D eigenvalue weighted by Gasteiger charge is -2.33. The van der Waals surface area contributed by atoms with E-state index in [1.54, 1.807) is 24.7 Å². The minimum absolute atomic E-state index is 0.000849. The maximum absolute atomic E-state index is 12.4. The number of hydrogen-bond acceptors (Lipinski definition) is 4. The van der Waals surface area contributed by atoms with Crippen molar-refractivity contribution in [1.82, 2.24) is 14.5 Å². The van der Waals surface area contributed by atoms with Gasteiger partial charge in [-0.05, 0) is 30.5 Å². The van der Waals surface area contributed by atoms with Crippen LogP contribution in [-0.4, -0.2) is 40.1 Å². The lowest BCUT2D eigenvalue weighted by molar-refractivity contribution is -0.135. The standard InChI is InChI=1S/C18H20N4O2/c19-8-7-15-3-5-17(6-4-15)24-13-18(23)21-10-1-2-16(12-21)22-11-9-20-14-22/h3-6,9,11,14,16H,1-2,7,10,12-13H2/t16-/m1/s1. The molecular weight excluding hydrogens is 304 g/mol. The Morgan fingerprint density at radius 2 is 2.21 bits per heavy atom. The average Bonchev–Trinajstić information content (AvgIpc) is 3.16. The largest absolute Gasteiger partial charge is 0.484 e.